The zero-order valence-electron chi connectivity index (χ0n) is 7.87. The molecule has 0 aromatic heterocycles. The van der Waals surface area contributed by atoms with Gasteiger partial charge in [-0.15, -0.1) is 8.58 Å². The number of benzene rings is 1. The molecule has 1 aliphatic rings. The van der Waals surface area contributed by atoms with E-state index in [1.807, 2.05) is 0 Å². The molecule has 0 bridgehead atoms. The van der Waals surface area contributed by atoms with Gasteiger partial charge in [-0.2, -0.15) is 0 Å². The summed E-state index contributed by atoms with van der Waals surface area (Å²) in [5.74, 6) is 0. The predicted molar refractivity (Wildman–Crippen MR) is 59.8 cm³/mol. The van der Waals surface area contributed by atoms with Gasteiger partial charge in [0, 0.05) is 19.6 Å². The van der Waals surface area contributed by atoms with Gasteiger partial charge in [-0.3, -0.25) is 4.90 Å². The van der Waals surface area contributed by atoms with Crippen LogP contribution in [-0.4, -0.2) is 30.3 Å². The number of hydrogen-bond acceptors (Lipinski definition) is 1. The van der Waals surface area contributed by atoms with E-state index in [9.17, 15) is 0 Å². The molecule has 2 rings (SSSR count). The van der Waals surface area contributed by atoms with Crippen LogP contribution in [0.15, 0.2) is 30.3 Å². The first-order valence-corrected chi connectivity index (χ1v) is 6.33. The second-order valence-corrected chi connectivity index (χ2v) is 5.01. The van der Waals surface area contributed by atoms with Gasteiger partial charge in [0.15, 0.2) is 0 Å². The second-order valence-electron chi connectivity index (χ2n) is 3.51. The fraction of sp³-hybridized carbons (Fsp3) is 0.455. The number of hydrogen-bond donors (Lipinski definition) is 0. The Hall–Kier alpha value is -0.390. The first-order valence-electron chi connectivity index (χ1n) is 4.92. The van der Waals surface area contributed by atoms with E-state index in [1.165, 1.54) is 39.6 Å². The van der Waals surface area contributed by atoms with Crippen LogP contribution in [0.2, 0.25) is 0 Å². The van der Waals surface area contributed by atoms with Crippen LogP contribution in [-0.2, 0) is 6.54 Å². The van der Waals surface area contributed by atoms with Gasteiger partial charge < -0.3 is 0 Å². The second kappa shape index (κ2) is 4.74. The van der Waals surface area contributed by atoms with E-state index < -0.39 is 0 Å². The highest BCUT2D eigenvalue weighted by Gasteiger charge is 2.09. The molecule has 0 atom stereocenters. The van der Waals surface area contributed by atoms with Crippen LogP contribution in [0.4, 0.5) is 0 Å². The maximum atomic E-state index is 2.56. The zero-order valence-corrected chi connectivity index (χ0v) is 8.87. The first kappa shape index (κ1) is 9.18. The van der Waals surface area contributed by atoms with Gasteiger partial charge in [0.1, 0.15) is 0 Å². The fourth-order valence-corrected chi connectivity index (χ4v) is 2.91. The van der Waals surface area contributed by atoms with E-state index in [4.69, 9.17) is 0 Å². The largest absolute Gasteiger partial charge is 0.298 e. The molecule has 1 saturated heterocycles. The lowest BCUT2D eigenvalue weighted by Gasteiger charge is -2.26. The van der Waals surface area contributed by atoms with Crippen molar-refractivity contribution in [3.05, 3.63) is 35.9 Å². The molecular formula is C11H16NP. The van der Waals surface area contributed by atoms with Crippen molar-refractivity contribution >= 4 is 8.58 Å². The zero-order chi connectivity index (χ0) is 8.93. The monoisotopic (exact) mass is 193 g/mol. The Morgan fingerprint density at radius 3 is 2.46 bits per heavy atom. The lowest BCUT2D eigenvalue weighted by Crippen LogP contribution is -2.31. The molecule has 1 nitrogen and oxygen atoms in total. The molecule has 1 aromatic rings. The quantitative estimate of drug-likeness (QED) is 0.651. The maximum absolute atomic E-state index is 2.56. The molecule has 1 heterocycles. The summed E-state index contributed by atoms with van der Waals surface area (Å²) in [6.45, 7) is 3.74. The van der Waals surface area contributed by atoms with Gasteiger partial charge in [-0.25, -0.2) is 0 Å². The minimum absolute atomic E-state index is 1.14. The molecule has 0 N–H and O–H groups in total. The third-order valence-corrected chi connectivity index (χ3v) is 3.61. The summed E-state index contributed by atoms with van der Waals surface area (Å²) in [4.78, 5) is 2.56. The third-order valence-electron chi connectivity index (χ3n) is 2.46. The predicted octanol–water partition coefficient (Wildman–Crippen LogP) is 2.18. The van der Waals surface area contributed by atoms with Gasteiger partial charge in [0.25, 0.3) is 0 Å². The van der Waals surface area contributed by atoms with E-state index in [0.717, 1.165) is 6.54 Å². The summed E-state index contributed by atoms with van der Waals surface area (Å²) in [5.41, 5.74) is 1.45. The van der Waals surface area contributed by atoms with Crippen molar-refractivity contribution in [2.24, 2.45) is 0 Å². The summed E-state index contributed by atoms with van der Waals surface area (Å²) in [6.07, 6.45) is 2.82. The Kier molecular flexibility index (Phi) is 3.34. The van der Waals surface area contributed by atoms with Gasteiger partial charge >= 0.3 is 0 Å². The minimum Gasteiger partial charge on any atom is -0.298 e. The van der Waals surface area contributed by atoms with E-state index in [1.54, 1.807) is 0 Å². The van der Waals surface area contributed by atoms with E-state index in [-0.39, 0.29) is 0 Å². The van der Waals surface area contributed by atoms with Crippen molar-refractivity contribution in [1.29, 1.82) is 0 Å². The summed E-state index contributed by atoms with van der Waals surface area (Å²) in [5, 5.41) is 0. The topological polar surface area (TPSA) is 3.24 Å². The maximum Gasteiger partial charge on any atom is 0.0234 e. The smallest absolute Gasteiger partial charge is 0.0234 e. The van der Waals surface area contributed by atoms with Crippen molar-refractivity contribution in [3.8, 4) is 0 Å². The average molecular weight is 193 g/mol. The third kappa shape index (κ3) is 2.79. The van der Waals surface area contributed by atoms with Gasteiger partial charge in [0.2, 0.25) is 0 Å². The summed E-state index contributed by atoms with van der Waals surface area (Å²) in [7, 11) is 1.21. The van der Waals surface area contributed by atoms with Crippen LogP contribution in [0.25, 0.3) is 0 Å². The molecule has 70 valence electrons. The van der Waals surface area contributed by atoms with Gasteiger partial charge in [-0.05, 0) is 17.9 Å². The molecule has 0 saturated carbocycles. The standard InChI is InChI=1S/C11H16NP/c1-2-4-11(5-3-1)10-12-6-8-13-9-7-12/h1-5,13H,6-10H2. The van der Waals surface area contributed by atoms with Crippen LogP contribution in [0.1, 0.15) is 5.56 Å². The van der Waals surface area contributed by atoms with E-state index >= 15 is 0 Å². The van der Waals surface area contributed by atoms with Crippen molar-refractivity contribution in [3.63, 3.8) is 0 Å². The normalized spacial score (nSPS) is 18.8. The molecule has 0 aliphatic carbocycles. The molecule has 0 radical (unpaired) electrons. The van der Waals surface area contributed by atoms with Crippen LogP contribution in [0.3, 0.4) is 0 Å². The highest BCUT2D eigenvalue weighted by molar-refractivity contribution is 7.38. The SMILES string of the molecule is c1ccc(CN2CCPCC2)cc1. The average Bonchev–Trinajstić information content (AvgIpc) is 2.21. The molecule has 13 heavy (non-hydrogen) atoms. The van der Waals surface area contributed by atoms with Crippen molar-refractivity contribution in [2.45, 2.75) is 6.54 Å². The first-order chi connectivity index (χ1) is 6.45. The summed E-state index contributed by atoms with van der Waals surface area (Å²) >= 11 is 0. The molecular weight excluding hydrogens is 177 g/mol. The lowest BCUT2D eigenvalue weighted by atomic mass is 10.2. The Labute approximate surface area is 81.9 Å². The number of nitrogens with zero attached hydrogens (tertiary/aromatic N) is 1. The molecule has 0 spiro atoms. The molecule has 2 heteroatoms. The molecule has 1 aromatic carbocycles. The van der Waals surface area contributed by atoms with Crippen LogP contribution in [0.5, 0.6) is 0 Å². The highest BCUT2D eigenvalue weighted by Crippen LogP contribution is 2.17. The molecule has 1 fully saturated rings. The van der Waals surface area contributed by atoms with Crippen LogP contribution >= 0.6 is 8.58 Å². The van der Waals surface area contributed by atoms with E-state index in [0.29, 0.717) is 0 Å². The van der Waals surface area contributed by atoms with Crippen LogP contribution < -0.4 is 0 Å². The van der Waals surface area contributed by atoms with Crippen LogP contribution in [0, 0.1) is 0 Å². The van der Waals surface area contributed by atoms with Crippen molar-refractivity contribution < 1.29 is 0 Å². The summed E-state index contributed by atoms with van der Waals surface area (Å²) in [6, 6.07) is 10.8. The lowest BCUT2D eigenvalue weighted by molar-refractivity contribution is 0.293. The Balaban J connectivity index is 1.90. The number of rotatable bonds is 2. The fourth-order valence-electron chi connectivity index (χ4n) is 1.71. The Morgan fingerprint density at radius 1 is 1.08 bits per heavy atom. The van der Waals surface area contributed by atoms with Crippen molar-refractivity contribution in [2.75, 3.05) is 25.4 Å². The van der Waals surface area contributed by atoms with Gasteiger partial charge in [-0.1, -0.05) is 30.3 Å². The minimum atomic E-state index is 1.14. The highest BCUT2D eigenvalue weighted by atomic mass is 31.1. The molecule has 0 unspecified atom stereocenters. The Bertz CT molecular complexity index is 242. The van der Waals surface area contributed by atoms with Crippen molar-refractivity contribution in [1.82, 2.24) is 4.90 Å². The Morgan fingerprint density at radius 2 is 1.77 bits per heavy atom. The van der Waals surface area contributed by atoms with Gasteiger partial charge in [0.05, 0.1) is 0 Å². The summed E-state index contributed by atoms with van der Waals surface area (Å²) < 4.78 is 0. The van der Waals surface area contributed by atoms with E-state index in [2.05, 4.69) is 35.2 Å². The molecule has 0 amide bonds. The molecule has 1 aliphatic heterocycles.